The van der Waals surface area contributed by atoms with E-state index in [1.54, 1.807) is 6.07 Å². The molecule has 6 heteroatoms. The molecule has 0 amide bonds. The Kier molecular flexibility index (Phi) is 4.15. The first-order chi connectivity index (χ1) is 10.2. The van der Waals surface area contributed by atoms with Gasteiger partial charge in [-0.1, -0.05) is 12.1 Å². The van der Waals surface area contributed by atoms with E-state index in [2.05, 4.69) is 32.3 Å². The Morgan fingerprint density at radius 1 is 1.52 bits per heavy atom. The van der Waals surface area contributed by atoms with Gasteiger partial charge in [-0.15, -0.1) is 11.3 Å². The zero-order valence-electron chi connectivity index (χ0n) is 11.1. The third kappa shape index (κ3) is 2.91. The number of carbonyl (C=O) groups excluding carboxylic acids is 1. The molecule has 0 saturated heterocycles. The summed E-state index contributed by atoms with van der Waals surface area (Å²) in [7, 11) is 0. The second-order valence-corrected chi connectivity index (χ2v) is 6.74. The fourth-order valence-electron chi connectivity index (χ4n) is 2.33. The number of hydrogen-bond acceptors (Lipinski definition) is 5. The van der Waals surface area contributed by atoms with Crippen LogP contribution in [0.4, 0.5) is 0 Å². The van der Waals surface area contributed by atoms with E-state index in [0.717, 1.165) is 40.1 Å². The maximum atomic E-state index is 12.4. The SMILES string of the molecule is N#Cc1c(Br)cccc1CC(=O)c1nc2c(s1)CNCC2. The Morgan fingerprint density at radius 2 is 2.38 bits per heavy atom. The fraction of sp³-hybridized carbons (Fsp3) is 0.267. The van der Waals surface area contributed by atoms with Crippen LogP contribution in [0.2, 0.25) is 0 Å². The maximum absolute atomic E-state index is 12.4. The van der Waals surface area contributed by atoms with E-state index in [9.17, 15) is 10.1 Å². The Labute approximate surface area is 135 Å². The molecule has 0 unspecified atom stereocenters. The number of nitrogens with zero attached hydrogens (tertiary/aromatic N) is 2. The van der Waals surface area contributed by atoms with Crippen LogP contribution < -0.4 is 5.32 Å². The van der Waals surface area contributed by atoms with Crippen LogP contribution in [-0.4, -0.2) is 17.3 Å². The molecule has 0 bridgehead atoms. The maximum Gasteiger partial charge on any atom is 0.195 e. The van der Waals surface area contributed by atoms with Gasteiger partial charge in [-0.25, -0.2) is 4.98 Å². The summed E-state index contributed by atoms with van der Waals surface area (Å²) >= 11 is 4.81. The van der Waals surface area contributed by atoms with Crippen molar-refractivity contribution in [1.82, 2.24) is 10.3 Å². The Bertz CT molecular complexity index is 724. The van der Waals surface area contributed by atoms with Gasteiger partial charge < -0.3 is 5.32 Å². The Balaban J connectivity index is 1.86. The number of thiazole rings is 1. The van der Waals surface area contributed by atoms with Crippen LogP contribution in [0.15, 0.2) is 22.7 Å². The lowest BCUT2D eigenvalue weighted by Crippen LogP contribution is -2.22. The van der Waals surface area contributed by atoms with Crippen molar-refractivity contribution in [1.29, 1.82) is 5.26 Å². The number of aromatic nitrogens is 1. The number of benzene rings is 1. The van der Waals surface area contributed by atoms with Crippen molar-refractivity contribution in [2.45, 2.75) is 19.4 Å². The second kappa shape index (κ2) is 6.06. The quantitative estimate of drug-likeness (QED) is 0.853. The van der Waals surface area contributed by atoms with Crippen molar-refractivity contribution in [2.75, 3.05) is 6.54 Å². The largest absolute Gasteiger partial charge is 0.311 e. The first kappa shape index (κ1) is 14.4. The molecular formula is C15H12BrN3OS. The highest BCUT2D eigenvalue weighted by molar-refractivity contribution is 9.10. The van der Waals surface area contributed by atoms with E-state index < -0.39 is 0 Å². The first-order valence-corrected chi connectivity index (χ1v) is 8.20. The van der Waals surface area contributed by atoms with E-state index in [4.69, 9.17) is 0 Å². The summed E-state index contributed by atoms with van der Waals surface area (Å²) in [6.45, 7) is 1.70. The molecule has 1 aliphatic rings. The molecule has 0 fully saturated rings. The van der Waals surface area contributed by atoms with Crippen LogP contribution in [0.25, 0.3) is 0 Å². The predicted octanol–water partition coefficient (Wildman–Crippen LogP) is 2.85. The van der Waals surface area contributed by atoms with Gasteiger partial charge in [-0.05, 0) is 27.6 Å². The molecule has 0 spiro atoms. The number of Topliss-reactive ketones (excluding diaryl/α,β-unsaturated/α-hetero) is 1. The number of fused-ring (bicyclic) bond motifs is 1. The topological polar surface area (TPSA) is 65.8 Å². The number of ketones is 1. The summed E-state index contributed by atoms with van der Waals surface area (Å²) in [6.07, 6.45) is 1.08. The smallest absolute Gasteiger partial charge is 0.195 e. The fourth-order valence-corrected chi connectivity index (χ4v) is 3.85. The molecule has 106 valence electrons. The van der Waals surface area contributed by atoms with Gasteiger partial charge in [0.2, 0.25) is 0 Å². The predicted molar refractivity (Wildman–Crippen MR) is 84.4 cm³/mol. The van der Waals surface area contributed by atoms with Crippen molar-refractivity contribution in [2.24, 2.45) is 0 Å². The van der Waals surface area contributed by atoms with Gasteiger partial charge in [-0.3, -0.25) is 4.79 Å². The number of rotatable bonds is 3. The summed E-state index contributed by atoms with van der Waals surface area (Å²) in [4.78, 5) is 18.0. The van der Waals surface area contributed by atoms with Gasteiger partial charge in [0.25, 0.3) is 0 Å². The zero-order valence-corrected chi connectivity index (χ0v) is 13.6. The molecule has 1 aliphatic heterocycles. The summed E-state index contributed by atoms with van der Waals surface area (Å²) in [6, 6.07) is 7.60. The molecular weight excluding hydrogens is 350 g/mol. The molecule has 2 aromatic rings. The summed E-state index contributed by atoms with van der Waals surface area (Å²) < 4.78 is 0.720. The van der Waals surface area contributed by atoms with Crippen molar-refractivity contribution in [3.8, 4) is 6.07 Å². The number of carbonyl (C=O) groups is 1. The third-order valence-corrected chi connectivity index (χ3v) is 5.20. The average molecular weight is 362 g/mol. The Morgan fingerprint density at radius 3 is 3.14 bits per heavy atom. The van der Waals surface area contributed by atoms with Gasteiger partial charge in [-0.2, -0.15) is 5.26 Å². The minimum Gasteiger partial charge on any atom is -0.311 e. The van der Waals surface area contributed by atoms with Crippen LogP contribution in [0.5, 0.6) is 0 Å². The minimum absolute atomic E-state index is 0.0241. The number of nitrogens with one attached hydrogen (secondary N) is 1. The highest BCUT2D eigenvalue weighted by atomic mass is 79.9. The molecule has 2 heterocycles. The summed E-state index contributed by atoms with van der Waals surface area (Å²) in [5, 5.41) is 13.0. The lowest BCUT2D eigenvalue weighted by molar-refractivity contribution is 0.0992. The zero-order chi connectivity index (χ0) is 14.8. The standard InChI is InChI=1S/C15H12BrN3OS/c16-11-3-1-2-9(10(11)7-17)6-13(20)15-19-12-4-5-18-8-14(12)21-15/h1-3,18H,4-6,8H2. The van der Waals surface area contributed by atoms with Crippen LogP contribution >= 0.6 is 27.3 Å². The van der Waals surface area contributed by atoms with Gasteiger partial charge >= 0.3 is 0 Å². The van der Waals surface area contributed by atoms with Crippen LogP contribution in [0.3, 0.4) is 0 Å². The highest BCUT2D eigenvalue weighted by Gasteiger charge is 2.20. The first-order valence-electron chi connectivity index (χ1n) is 6.59. The Hall–Kier alpha value is -1.55. The monoisotopic (exact) mass is 361 g/mol. The molecule has 0 radical (unpaired) electrons. The van der Waals surface area contributed by atoms with Crippen LogP contribution in [-0.2, 0) is 19.4 Å². The van der Waals surface area contributed by atoms with Crippen molar-refractivity contribution in [3.63, 3.8) is 0 Å². The number of hydrogen-bond donors (Lipinski definition) is 1. The van der Waals surface area contributed by atoms with Gasteiger partial charge in [0.05, 0.1) is 11.3 Å². The lowest BCUT2D eigenvalue weighted by Gasteiger charge is -2.09. The molecule has 21 heavy (non-hydrogen) atoms. The third-order valence-electron chi connectivity index (χ3n) is 3.40. The van der Waals surface area contributed by atoms with E-state index >= 15 is 0 Å². The molecule has 1 aromatic carbocycles. The van der Waals surface area contributed by atoms with Crippen molar-refractivity contribution in [3.05, 3.63) is 49.4 Å². The molecule has 0 saturated carbocycles. The van der Waals surface area contributed by atoms with Crippen molar-refractivity contribution >= 4 is 33.0 Å². The van der Waals surface area contributed by atoms with E-state index in [0.29, 0.717) is 10.6 Å². The molecule has 1 N–H and O–H groups in total. The lowest BCUT2D eigenvalue weighted by atomic mass is 10.0. The molecule has 3 rings (SSSR count). The molecule has 0 atom stereocenters. The highest BCUT2D eigenvalue weighted by Crippen LogP contribution is 2.25. The van der Waals surface area contributed by atoms with E-state index in [-0.39, 0.29) is 12.2 Å². The van der Waals surface area contributed by atoms with E-state index in [1.165, 1.54) is 11.3 Å². The number of nitriles is 1. The molecule has 1 aromatic heterocycles. The summed E-state index contributed by atoms with van der Waals surface area (Å²) in [5.41, 5.74) is 2.30. The van der Waals surface area contributed by atoms with E-state index in [1.807, 2.05) is 12.1 Å². The summed E-state index contributed by atoms with van der Waals surface area (Å²) in [5.74, 6) is -0.0241. The number of halogens is 1. The molecule has 4 nitrogen and oxygen atoms in total. The van der Waals surface area contributed by atoms with Crippen LogP contribution in [0, 0.1) is 11.3 Å². The molecule has 0 aliphatic carbocycles. The normalized spacial score (nSPS) is 13.5. The van der Waals surface area contributed by atoms with Gasteiger partial charge in [0.1, 0.15) is 6.07 Å². The van der Waals surface area contributed by atoms with Gasteiger partial charge in [0, 0.05) is 35.3 Å². The van der Waals surface area contributed by atoms with Gasteiger partial charge in [0.15, 0.2) is 10.8 Å². The van der Waals surface area contributed by atoms with Crippen LogP contribution in [0.1, 0.15) is 31.5 Å². The second-order valence-electron chi connectivity index (χ2n) is 4.80. The minimum atomic E-state index is -0.0241. The van der Waals surface area contributed by atoms with Crippen molar-refractivity contribution < 1.29 is 4.79 Å². The average Bonchev–Trinajstić information content (AvgIpc) is 2.91.